The van der Waals surface area contributed by atoms with E-state index in [1.54, 1.807) is 0 Å². The first-order chi connectivity index (χ1) is 8.04. The van der Waals surface area contributed by atoms with Crippen molar-refractivity contribution in [3.63, 3.8) is 0 Å². The van der Waals surface area contributed by atoms with Crippen molar-refractivity contribution in [1.82, 2.24) is 4.98 Å². The summed E-state index contributed by atoms with van der Waals surface area (Å²) in [6.45, 7) is -1.15. The number of rotatable bonds is 2. The Kier molecular flexibility index (Phi) is 4.30. The molecule has 0 fully saturated rings. The van der Waals surface area contributed by atoms with Gasteiger partial charge in [-0.3, -0.25) is 0 Å². The van der Waals surface area contributed by atoms with E-state index in [1.807, 2.05) is 0 Å². The Morgan fingerprint density at radius 2 is 1.78 bits per heavy atom. The third-order valence-corrected chi connectivity index (χ3v) is 2.53. The lowest BCUT2D eigenvalue weighted by molar-refractivity contribution is -0.276. The average Bonchev–Trinajstić information content (AvgIpc) is 2.11. The van der Waals surface area contributed by atoms with Crippen LogP contribution in [0.5, 0.6) is 5.88 Å². The molecule has 0 aliphatic rings. The van der Waals surface area contributed by atoms with Gasteiger partial charge < -0.3 is 9.84 Å². The molecule has 1 rings (SSSR count). The predicted octanol–water partition coefficient (Wildman–Crippen LogP) is 3.10. The van der Waals surface area contributed by atoms with E-state index in [4.69, 9.17) is 5.11 Å². The molecular weight excluding hydrogens is 383 g/mol. The molecule has 0 bridgehead atoms. The van der Waals surface area contributed by atoms with Crippen LogP contribution in [-0.2, 0) is 12.8 Å². The first-order valence-electron chi connectivity index (χ1n) is 4.18. The minimum absolute atomic E-state index is 0.496. The second kappa shape index (κ2) is 5.07. The highest BCUT2D eigenvalue weighted by molar-refractivity contribution is 14.1. The van der Waals surface area contributed by atoms with Crippen molar-refractivity contribution in [2.75, 3.05) is 0 Å². The van der Waals surface area contributed by atoms with Crippen LogP contribution >= 0.6 is 22.6 Å². The lowest BCUT2D eigenvalue weighted by Crippen LogP contribution is -2.20. The van der Waals surface area contributed by atoms with E-state index >= 15 is 0 Å². The number of hydrogen-bond acceptors (Lipinski definition) is 3. The molecule has 1 aromatic heterocycles. The van der Waals surface area contributed by atoms with Crippen molar-refractivity contribution < 1.29 is 36.2 Å². The van der Waals surface area contributed by atoms with Gasteiger partial charge in [0.05, 0.1) is 17.9 Å². The molecule has 1 aromatic rings. The van der Waals surface area contributed by atoms with E-state index in [1.165, 1.54) is 22.6 Å². The second-order valence-electron chi connectivity index (χ2n) is 2.97. The number of aromatic nitrogens is 1. The van der Waals surface area contributed by atoms with Crippen molar-refractivity contribution in [3.8, 4) is 5.88 Å². The topological polar surface area (TPSA) is 42.4 Å². The average molecular weight is 387 g/mol. The largest absolute Gasteiger partial charge is 0.574 e. The van der Waals surface area contributed by atoms with Gasteiger partial charge in [-0.1, -0.05) is 0 Å². The lowest BCUT2D eigenvalue weighted by Gasteiger charge is -2.15. The fourth-order valence-corrected chi connectivity index (χ4v) is 2.01. The number of alkyl halides is 6. The maximum atomic E-state index is 12.5. The summed E-state index contributed by atoms with van der Waals surface area (Å²) in [4.78, 5) is 2.99. The van der Waals surface area contributed by atoms with Gasteiger partial charge in [0.2, 0.25) is 5.88 Å². The Morgan fingerprint density at radius 1 is 1.22 bits per heavy atom. The van der Waals surface area contributed by atoms with E-state index in [0.29, 0.717) is 6.07 Å². The summed E-state index contributed by atoms with van der Waals surface area (Å²) in [5.41, 5.74) is -2.20. The number of pyridine rings is 1. The molecule has 1 heterocycles. The highest BCUT2D eigenvalue weighted by atomic mass is 127. The summed E-state index contributed by atoms with van der Waals surface area (Å²) in [5, 5.41) is 8.73. The second-order valence-corrected chi connectivity index (χ2v) is 4.13. The quantitative estimate of drug-likeness (QED) is 0.627. The molecule has 0 saturated carbocycles. The molecule has 0 aliphatic heterocycles. The van der Waals surface area contributed by atoms with E-state index in [9.17, 15) is 26.3 Å². The summed E-state index contributed by atoms with van der Waals surface area (Å²) in [6.07, 6.45) is -9.89. The van der Waals surface area contributed by atoms with Crippen molar-refractivity contribution in [2.45, 2.75) is 19.1 Å². The third-order valence-electron chi connectivity index (χ3n) is 1.68. The molecule has 0 spiro atoms. The van der Waals surface area contributed by atoms with Gasteiger partial charge in [0.25, 0.3) is 0 Å². The van der Waals surface area contributed by atoms with Crippen LogP contribution in [0.4, 0.5) is 26.3 Å². The number of aliphatic hydroxyl groups is 1. The Bertz CT molecular complexity index is 444. The monoisotopic (exact) mass is 387 g/mol. The van der Waals surface area contributed by atoms with E-state index in [-0.39, 0.29) is 0 Å². The maximum Gasteiger partial charge on any atom is 0.574 e. The van der Waals surface area contributed by atoms with Crippen molar-refractivity contribution >= 4 is 22.6 Å². The van der Waals surface area contributed by atoms with Crippen LogP contribution in [0.3, 0.4) is 0 Å². The molecule has 102 valence electrons. The third kappa shape index (κ3) is 3.86. The van der Waals surface area contributed by atoms with Gasteiger partial charge in [-0.15, -0.1) is 13.2 Å². The lowest BCUT2D eigenvalue weighted by atomic mass is 10.2. The van der Waals surface area contributed by atoms with Crippen molar-refractivity contribution in [3.05, 3.63) is 20.9 Å². The summed E-state index contributed by atoms with van der Waals surface area (Å²) in [5.74, 6) is -1.05. The van der Waals surface area contributed by atoms with Crippen molar-refractivity contribution in [2.24, 2.45) is 0 Å². The standard InChI is InChI=1S/C8H4F6INO2/c9-7(10,11)6-3(15)1-5(16-4(6)2-17)18-8(12,13)14/h1,17H,2H2. The zero-order chi connectivity index (χ0) is 14.1. The Balaban J connectivity index is 3.28. The summed E-state index contributed by atoms with van der Waals surface area (Å²) < 4.78 is 76.2. The van der Waals surface area contributed by atoms with Gasteiger partial charge in [0, 0.05) is 9.64 Å². The number of hydrogen-bond donors (Lipinski definition) is 1. The number of nitrogens with zero attached hydrogens (tertiary/aromatic N) is 1. The van der Waals surface area contributed by atoms with Crippen LogP contribution < -0.4 is 4.74 Å². The van der Waals surface area contributed by atoms with Gasteiger partial charge in [-0.05, 0) is 22.6 Å². The molecular formula is C8H4F6INO2. The Hall–Kier alpha value is -0.780. The molecule has 0 saturated heterocycles. The van der Waals surface area contributed by atoms with Crippen molar-refractivity contribution in [1.29, 1.82) is 0 Å². The Labute approximate surface area is 110 Å². The molecule has 0 aromatic carbocycles. The first kappa shape index (κ1) is 15.3. The first-order valence-corrected chi connectivity index (χ1v) is 5.25. The normalized spacial score (nSPS) is 12.7. The highest BCUT2D eigenvalue weighted by Gasteiger charge is 2.38. The minimum Gasteiger partial charge on any atom is -0.390 e. The molecule has 0 amide bonds. The Morgan fingerprint density at radius 3 is 2.17 bits per heavy atom. The summed E-state index contributed by atoms with van der Waals surface area (Å²) >= 11 is 1.19. The number of halogens is 7. The molecule has 3 nitrogen and oxygen atoms in total. The maximum absolute atomic E-state index is 12.5. The van der Waals surface area contributed by atoms with Crippen LogP contribution in [0, 0.1) is 3.57 Å². The fourth-order valence-electron chi connectivity index (χ4n) is 1.12. The van der Waals surface area contributed by atoms with Crippen LogP contribution in [0.25, 0.3) is 0 Å². The zero-order valence-electron chi connectivity index (χ0n) is 8.23. The number of ether oxygens (including phenoxy) is 1. The molecule has 0 aliphatic carbocycles. The molecule has 0 unspecified atom stereocenters. The van der Waals surface area contributed by atoms with Gasteiger partial charge in [-0.2, -0.15) is 13.2 Å². The van der Waals surface area contributed by atoms with Gasteiger partial charge >= 0.3 is 12.5 Å². The predicted molar refractivity (Wildman–Crippen MR) is 54.6 cm³/mol. The zero-order valence-corrected chi connectivity index (χ0v) is 10.4. The van der Waals surface area contributed by atoms with Crippen LogP contribution in [0.15, 0.2) is 6.07 Å². The minimum atomic E-state index is -5.07. The molecule has 0 atom stereocenters. The fraction of sp³-hybridized carbons (Fsp3) is 0.375. The van der Waals surface area contributed by atoms with E-state index in [0.717, 1.165) is 0 Å². The highest BCUT2D eigenvalue weighted by Crippen LogP contribution is 2.37. The van der Waals surface area contributed by atoms with Gasteiger partial charge in [0.1, 0.15) is 0 Å². The van der Waals surface area contributed by atoms with Gasteiger partial charge in [0.15, 0.2) is 0 Å². The molecule has 1 N–H and O–H groups in total. The van der Waals surface area contributed by atoms with Crippen LogP contribution in [0.2, 0.25) is 0 Å². The molecule has 10 heteroatoms. The smallest absolute Gasteiger partial charge is 0.390 e. The van der Waals surface area contributed by atoms with E-state index in [2.05, 4.69) is 9.72 Å². The van der Waals surface area contributed by atoms with Crippen LogP contribution in [-0.4, -0.2) is 16.5 Å². The van der Waals surface area contributed by atoms with Crippen LogP contribution in [0.1, 0.15) is 11.3 Å². The summed E-state index contributed by atoms with van der Waals surface area (Å²) in [7, 11) is 0. The molecule has 0 radical (unpaired) electrons. The van der Waals surface area contributed by atoms with E-state index < -0.39 is 39.9 Å². The van der Waals surface area contributed by atoms with Gasteiger partial charge in [-0.25, -0.2) is 4.98 Å². The molecule has 18 heavy (non-hydrogen) atoms. The summed E-state index contributed by atoms with van der Waals surface area (Å²) in [6, 6.07) is 0.496. The number of aliphatic hydroxyl groups excluding tert-OH is 1. The SMILES string of the molecule is OCc1nc(OC(F)(F)F)cc(I)c1C(F)(F)F.